The van der Waals surface area contributed by atoms with E-state index in [1.807, 2.05) is 0 Å². The summed E-state index contributed by atoms with van der Waals surface area (Å²) in [6.07, 6.45) is 0. The van der Waals surface area contributed by atoms with Crippen molar-refractivity contribution in [3.05, 3.63) is 41.1 Å². The summed E-state index contributed by atoms with van der Waals surface area (Å²) in [4.78, 5) is 11.5. The summed E-state index contributed by atoms with van der Waals surface area (Å²) in [5, 5.41) is 14.4. The third-order valence-electron chi connectivity index (χ3n) is 1.96. The van der Waals surface area contributed by atoms with Crippen molar-refractivity contribution in [2.75, 3.05) is 10.6 Å². The Morgan fingerprint density at radius 2 is 1.94 bits per heavy atom. The first-order valence-electron chi connectivity index (χ1n) is 4.76. The number of rotatable bonds is 2. The molecule has 2 rings (SSSR count). The molecule has 2 aromatic rings. The number of phenolic OH excluding ortho intramolecular Hbond substituents is 1. The van der Waals surface area contributed by atoms with E-state index in [0.29, 0.717) is 16.2 Å². The first kappa shape index (κ1) is 11.5. The topological polar surface area (TPSA) is 74.5 Å². The van der Waals surface area contributed by atoms with Crippen LogP contribution in [-0.2, 0) is 0 Å². The van der Waals surface area contributed by atoms with Gasteiger partial charge in [-0.3, -0.25) is 5.32 Å². The first-order chi connectivity index (χ1) is 8.15. The van der Waals surface area contributed by atoms with E-state index in [2.05, 4.69) is 26.6 Å². The van der Waals surface area contributed by atoms with Crippen LogP contribution in [0, 0.1) is 0 Å². The minimum atomic E-state index is -0.492. The molecule has 0 saturated carbocycles. The molecule has 0 saturated heterocycles. The number of anilines is 2. The average Bonchev–Trinajstić information content (AvgIpc) is 2.67. The van der Waals surface area contributed by atoms with Crippen LogP contribution in [-0.4, -0.2) is 11.1 Å². The van der Waals surface area contributed by atoms with E-state index < -0.39 is 6.03 Å². The Hall–Kier alpha value is -1.95. The molecule has 1 aromatic carbocycles. The lowest BCUT2D eigenvalue weighted by Gasteiger charge is -2.06. The average molecular weight is 297 g/mol. The molecule has 88 valence electrons. The fourth-order valence-electron chi connectivity index (χ4n) is 1.23. The van der Waals surface area contributed by atoms with Crippen molar-refractivity contribution >= 4 is 33.5 Å². The number of para-hydroxylation sites is 2. The lowest BCUT2D eigenvalue weighted by atomic mass is 10.3. The SMILES string of the molecule is O=C(Nc1ccc(Br)o1)Nc1ccccc1O. The summed E-state index contributed by atoms with van der Waals surface area (Å²) in [6.45, 7) is 0. The zero-order valence-corrected chi connectivity index (χ0v) is 10.2. The van der Waals surface area contributed by atoms with Crippen molar-refractivity contribution < 1.29 is 14.3 Å². The highest BCUT2D eigenvalue weighted by Gasteiger charge is 2.07. The van der Waals surface area contributed by atoms with E-state index in [1.54, 1.807) is 30.3 Å². The molecule has 0 aliphatic heterocycles. The van der Waals surface area contributed by atoms with Crippen molar-refractivity contribution in [1.82, 2.24) is 0 Å². The normalized spacial score (nSPS) is 9.94. The van der Waals surface area contributed by atoms with E-state index in [-0.39, 0.29) is 5.75 Å². The van der Waals surface area contributed by atoms with Gasteiger partial charge in [0.25, 0.3) is 0 Å². The highest BCUT2D eigenvalue weighted by atomic mass is 79.9. The maximum Gasteiger partial charge on any atom is 0.326 e. The van der Waals surface area contributed by atoms with Gasteiger partial charge in [0.1, 0.15) is 5.75 Å². The molecule has 1 heterocycles. The molecule has 0 aliphatic carbocycles. The number of amides is 2. The van der Waals surface area contributed by atoms with Gasteiger partial charge in [-0.15, -0.1) is 0 Å². The fraction of sp³-hybridized carbons (Fsp3) is 0. The molecule has 0 spiro atoms. The Bertz CT molecular complexity index is 539. The van der Waals surface area contributed by atoms with E-state index in [0.717, 1.165) is 0 Å². The van der Waals surface area contributed by atoms with Gasteiger partial charge in [0.15, 0.2) is 4.67 Å². The number of halogens is 1. The smallest absolute Gasteiger partial charge is 0.326 e. The number of benzene rings is 1. The van der Waals surface area contributed by atoms with Crippen molar-refractivity contribution in [3.63, 3.8) is 0 Å². The monoisotopic (exact) mass is 296 g/mol. The number of hydrogen-bond donors (Lipinski definition) is 3. The number of hydrogen-bond acceptors (Lipinski definition) is 3. The number of urea groups is 1. The number of nitrogens with one attached hydrogen (secondary N) is 2. The minimum absolute atomic E-state index is 0.00303. The van der Waals surface area contributed by atoms with Crippen LogP contribution in [0.3, 0.4) is 0 Å². The van der Waals surface area contributed by atoms with Gasteiger partial charge < -0.3 is 14.8 Å². The third kappa shape index (κ3) is 3.01. The van der Waals surface area contributed by atoms with Crippen LogP contribution in [0.5, 0.6) is 5.75 Å². The van der Waals surface area contributed by atoms with Crippen LogP contribution in [0.25, 0.3) is 0 Å². The molecule has 3 N–H and O–H groups in total. The number of carbonyl (C=O) groups excluding carboxylic acids is 1. The molecule has 1 aromatic heterocycles. The van der Waals surface area contributed by atoms with Crippen LogP contribution in [0.1, 0.15) is 0 Å². The summed E-state index contributed by atoms with van der Waals surface area (Å²) >= 11 is 3.12. The van der Waals surface area contributed by atoms with Crippen LogP contribution in [0.15, 0.2) is 45.5 Å². The zero-order valence-electron chi connectivity index (χ0n) is 8.61. The lowest BCUT2D eigenvalue weighted by molar-refractivity contribution is 0.261. The number of aromatic hydroxyl groups is 1. The van der Waals surface area contributed by atoms with Crippen LogP contribution >= 0.6 is 15.9 Å². The summed E-state index contributed by atoms with van der Waals surface area (Å²) in [6, 6.07) is 9.23. The molecule has 0 fully saturated rings. The summed E-state index contributed by atoms with van der Waals surface area (Å²) < 4.78 is 5.63. The van der Waals surface area contributed by atoms with Crippen molar-refractivity contribution in [3.8, 4) is 5.75 Å². The lowest BCUT2D eigenvalue weighted by Crippen LogP contribution is -2.18. The Morgan fingerprint density at radius 1 is 1.18 bits per heavy atom. The summed E-state index contributed by atoms with van der Waals surface area (Å²) in [5.41, 5.74) is 0.329. The van der Waals surface area contributed by atoms with Crippen LogP contribution in [0.4, 0.5) is 16.4 Å². The van der Waals surface area contributed by atoms with Gasteiger partial charge >= 0.3 is 6.03 Å². The van der Waals surface area contributed by atoms with Gasteiger partial charge in [0, 0.05) is 6.07 Å². The summed E-state index contributed by atoms with van der Waals surface area (Å²) in [5.74, 6) is 0.313. The second-order valence-electron chi connectivity index (χ2n) is 3.20. The third-order valence-corrected chi connectivity index (χ3v) is 2.39. The van der Waals surface area contributed by atoms with Crippen LogP contribution in [0.2, 0.25) is 0 Å². The number of furan rings is 1. The van der Waals surface area contributed by atoms with Crippen molar-refractivity contribution in [1.29, 1.82) is 0 Å². The standard InChI is InChI=1S/C11H9BrN2O3/c12-9-5-6-10(17-9)14-11(16)13-7-3-1-2-4-8(7)15/h1-6,15H,(H2,13,14,16). The molecule has 2 amide bonds. The maximum absolute atomic E-state index is 11.5. The molecule has 0 unspecified atom stereocenters. The van der Waals surface area contributed by atoms with Gasteiger partial charge in [-0.05, 0) is 34.1 Å². The second kappa shape index (κ2) is 4.92. The molecule has 0 aliphatic rings. The Labute approximate surface area is 106 Å². The quantitative estimate of drug-likeness (QED) is 0.744. The van der Waals surface area contributed by atoms with E-state index in [4.69, 9.17) is 4.42 Å². The molecule has 5 nitrogen and oxygen atoms in total. The Kier molecular flexibility index (Phi) is 3.34. The molecule has 17 heavy (non-hydrogen) atoms. The number of phenols is 1. The highest BCUT2D eigenvalue weighted by molar-refractivity contribution is 9.10. The van der Waals surface area contributed by atoms with Gasteiger partial charge in [0.2, 0.25) is 5.88 Å². The molecular weight excluding hydrogens is 288 g/mol. The first-order valence-corrected chi connectivity index (χ1v) is 5.56. The van der Waals surface area contributed by atoms with Crippen molar-refractivity contribution in [2.45, 2.75) is 0 Å². The number of carbonyl (C=O) groups is 1. The second-order valence-corrected chi connectivity index (χ2v) is 3.98. The predicted molar refractivity (Wildman–Crippen MR) is 67.2 cm³/mol. The summed E-state index contributed by atoms with van der Waals surface area (Å²) in [7, 11) is 0. The van der Waals surface area contributed by atoms with Crippen molar-refractivity contribution in [2.24, 2.45) is 0 Å². The maximum atomic E-state index is 11.5. The molecule has 0 bridgehead atoms. The van der Waals surface area contributed by atoms with E-state index in [9.17, 15) is 9.90 Å². The highest BCUT2D eigenvalue weighted by Crippen LogP contribution is 2.22. The van der Waals surface area contributed by atoms with Gasteiger partial charge in [-0.25, -0.2) is 4.79 Å². The largest absolute Gasteiger partial charge is 0.506 e. The molecule has 6 heteroatoms. The Balaban J connectivity index is 2.01. The van der Waals surface area contributed by atoms with E-state index >= 15 is 0 Å². The molecule has 0 atom stereocenters. The van der Waals surface area contributed by atoms with E-state index in [1.165, 1.54) is 6.07 Å². The van der Waals surface area contributed by atoms with Crippen LogP contribution < -0.4 is 10.6 Å². The van der Waals surface area contributed by atoms with Gasteiger partial charge in [0.05, 0.1) is 5.69 Å². The molecule has 0 radical (unpaired) electrons. The van der Waals surface area contributed by atoms with Gasteiger partial charge in [-0.1, -0.05) is 12.1 Å². The Morgan fingerprint density at radius 3 is 2.59 bits per heavy atom. The fourth-order valence-corrected chi connectivity index (χ4v) is 1.53. The molecular formula is C11H9BrN2O3. The minimum Gasteiger partial charge on any atom is -0.506 e. The predicted octanol–water partition coefficient (Wildman–Crippen LogP) is 3.39. The zero-order chi connectivity index (χ0) is 12.3. The van der Waals surface area contributed by atoms with Gasteiger partial charge in [-0.2, -0.15) is 0 Å².